The molecule has 1 saturated heterocycles. The van der Waals surface area contributed by atoms with Gasteiger partial charge in [-0.25, -0.2) is 4.79 Å². The number of carboxylic acid groups (broad SMARTS) is 1. The van der Waals surface area contributed by atoms with E-state index in [2.05, 4.69) is 5.32 Å². The van der Waals surface area contributed by atoms with Gasteiger partial charge in [0.2, 0.25) is 5.91 Å². The summed E-state index contributed by atoms with van der Waals surface area (Å²) in [5.74, 6) is -3.29. The van der Waals surface area contributed by atoms with Gasteiger partial charge in [0.1, 0.15) is 12.6 Å². The number of nitrogens with zero attached hydrogens (tertiary/aromatic N) is 1. The van der Waals surface area contributed by atoms with E-state index in [4.69, 9.17) is 4.74 Å². The van der Waals surface area contributed by atoms with E-state index in [0.717, 1.165) is 11.3 Å². The molecule has 1 fully saturated rings. The summed E-state index contributed by atoms with van der Waals surface area (Å²) >= 11 is 0. The molecule has 1 aromatic carbocycles. The lowest BCUT2D eigenvalue weighted by molar-refractivity contribution is -0.145. The van der Waals surface area contributed by atoms with Crippen LogP contribution in [0.3, 0.4) is 0 Å². The summed E-state index contributed by atoms with van der Waals surface area (Å²) in [5, 5.41) is 11.8. The predicted molar refractivity (Wildman–Crippen MR) is 84.9 cm³/mol. The molecule has 2 heterocycles. The Hall–Kier alpha value is -2.74. The minimum absolute atomic E-state index is 0.246. The highest BCUT2D eigenvalue weighted by atomic mass is 16.5. The molecule has 2 aliphatic rings. The Morgan fingerprint density at radius 3 is 2.40 bits per heavy atom. The minimum Gasteiger partial charge on any atom is -0.480 e. The molecule has 2 unspecified atom stereocenters. The topological polar surface area (TPSA) is 113 Å². The monoisotopic (exact) mass is 346 g/mol. The first-order chi connectivity index (χ1) is 12.0. The second-order valence-corrected chi connectivity index (χ2v) is 6.10. The van der Waals surface area contributed by atoms with Crippen molar-refractivity contribution in [3.05, 3.63) is 35.4 Å². The normalized spacial score (nSPS) is 21.0. The lowest BCUT2D eigenvalue weighted by Gasteiger charge is -2.28. The largest absolute Gasteiger partial charge is 0.480 e. The molecule has 0 saturated carbocycles. The molecule has 132 valence electrons. The molecule has 1 aromatic rings. The van der Waals surface area contributed by atoms with E-state index in [0.29, 0.717) is 13.0 Å². The fraction of sp³-hybridized carbons (Fsp3) is 0.412. The summed E-state index contributed by atoms with van der Waals surface area (Å²) < 4.78 is 5.27. The predicted octanol–water partition coefficient (Wildman–Crippen LogP) is 0.279. The molecule has 8 nitrogen and oxygen atoms in total. The number of carbonyl (C=O) groups excluding carboxylic acids is 3. The molecule has 0 aliphatic carbocycles. The quantitative estimate of drug-likeness (QED) is 0.741. The Kier molecular flexibility index (Phi) is 4.80. The highest BCUT2D eigenvalue weighted by molar-refractivity contribution is 6.22. The van der Waals surface area contributed by atoms with Gasteiger partial charge in [0.15, 0.2) is 0 Å². The Labute approximate surface area is 143 Å². The average molecular weight is 346 g/mol. The maximum atomic E-state index is 12.3. The fourth-order valence-electron chi connectivity index (χ4n) is 3.16. The van der Waals surface area contributed by atoms with Gasteiger partial charge < -0.3 is 15.2 Å². The van der Waals surface area contributed by atoms with Gasteiger partial charge in [0.05, 0.1) is 17.7 Å². The van der Waals surface area contributed by atoms with Crippen LogP contribution in [0.4, 0.5) is 0 Å². The molecule has 3 rings (SSSR count). The highest BCUT2D eigenvalue weighted by Crippen LogP contribution is 2.22. The lowest BCUT2D eigenvalue weighted by atomic mass is 9.93. The number of fused-ring (bicyclic) bond motifs is 1. The van der Waals surface area contributed by atoms with Crippen molar-refractivity contribution in [2.24, 2.45) is 5.92 Å². The Balaban J connectivity index is 1.67. The number of imide groups is 1. The van der Waals surface area contributed by atoms with Gasteiger partial charge in [-0.3, -0.25) is 19.3 Å². The van der Waals surface area contributed by atoms with Crippen LogP contribution in [0.25, 0.3) is 0 Å². The standard InChI is InChI=1S/C17H18N2O6/c20-13(18-14(17(23)24)10-4-3-7-25-9-10)8-19-15(21)11-5-1-2-6-12(11)16(19)22/h1-2,5-6,10,14H,3-4,7-9H2,(H,18,20)(H,23,24). The van der Waals surface area contributed by atoms with E-state index in [9.17, 15) is 24.3 Å². The Morgan fingerprint density at radius 2 is 1.88 bits per heavy atom. The summed E-state index contributed by atoms with van der Waals surface area (Å²) in [6.45, 7) is 0.319. The second-order valence-electron chi connectivity index (χ2n) is 6.10. The van der Waals surface area contributed by atoms with Gasteiger partial charge in [-0.05, 0) is 25.0 Å². The number of carboxylic acids is 1. The van der Waals surface area contributed by atoms with Crippen molar-refractivity contribution < 1.29 is 29.0 Å². The third kappa shape index (κ3) is 3.39. The third-order valence-corrected chi connectivity index (χ3v) is 4.43. The van der Waals surface area contributed by atoms with Crippen molar-refractivity contribution in [3.8, 4) is 0 Å². The highest BCUT2D eigenvalue weighted by Gasteiger charge is 2.37. The smallest absolute Gasteiger partial charge is 0.326 e. The van der Waals surface area contributed by atoms with Crippen LogP contribution < -0.4 is 5.32 Å². The van der Waals surface area contributed by atoms with Crippen LogP contribution in [-0.2, 0) is 14.3 Å². The number of hydrogen-bond acceptors (Lipinski definition) is 5. The van der Waals surface area contributed by atoms with Gasteiger partial charge in [0, 0.05) is 12.5 Å². The van der Waals surface area contributed by atoms with Crippen LogP contribution in [0.1, 0.15) is 33.6 Å². The Morgan fingerprint density at radius 1 is 1.24 bits per heavy atom. The van der Waals surface area contributed by atoms with Crippen molar-refractivity contribution in [1.82, 2.24) is 10.2 Å². The molecule has 2 N–H and O–H groups in total. The van der Waals surface area contributed by atoms with Gasteiger partial charge in [-0.2, -0.15) is 0 Å². The van der Waals surface area contributed by atoms with Crippen molar-refractivity contribution in [2.75, 3.05) is 19.8 Å². The molecule has 2 aliphatic heterocycles. The first kappa shape index (κ1) is 17.1. The van der Waals surface area contributed by atoms with Gasteiger partial charge in [-0.1, -0.05) is 12.1 Å². The van der Waals surface area contributed by atoms with E-state index >= 15 is 0 Å². The minimum atomic E-state index is -1.16. The van der Waals surface area contributed by atoms with Crippen LogP contribution in [0.2, 0.25) is 0 Å². The van der Waals surface area contributed by atoms with Crippen LogP contribution >= 0.6 is 0 Å². The summed E-state index contributed by atoms with van der Waals surface area (Å²) in [5.41, 5.74) is 0.492. The van der Waals surface area contributed by atoms with E-state index in [-0.39, 0.29) is 23.7 Å². The van der Waals surface area contributed by atoms with Gasteiger partial charge in [0.25, 0.3) is 11.8 Å². The molecule has 2 atom stereocenters. The molecule has 8 heteroatoms. The van der Waals surface area contributed by atoms with Crippen LogP contribution in [0, 0.1) is 5.92 Å². The molecule has 0 spiro atoms. The zero-order valence-electron chi connectivity index (χ0n) is 13.4. The number of hydrogen-bond donors (Lipinski definition) is 2. The average Bonchev–Trinajstić information content (AvgIpc) is 2.85. The SMILES string of the molecule is O=C(CN1C(=O)c2ccccc2C1=O)NC(C(=O)O)C1CCCOC1. The van der Waals surface area contributed by atoms with Gasteiger partial charge >= 0.3 is 5.97 Å². The molecule has 0 radical (unpaired) electrons. The summed E-state index contributed by atoms with van der Waals surface area (Å²) in [7, 11) is 0. The van der Waals surface area contributed by atoms with Gasteiger partial charge in [-0.15, -0.1) is 0 Å². The van der Waals surface area contributed by atoms with Crippen molar-refractivity contribution in [2.45, 2.75) is 18.9 Å². The molecule has 0 bridgehead atoms. The molecular weight excluding hydrogens is 328 g/mol. The first-order valence-electron chi connectivity index (χ1n) is 8.04. The number of rotatable bonds is 5. The Bertz CT molecular complexity index is 691. The first-order valence-corrected chi connectivity index (χ1v) is 8.04. The van der Waals surface area contributed by atoms with Crippen molar-refractivity contribution in [3.63, 3.8) is 0 Å². The number of ether oxygens (including phenoxy) is 1. The summed E-state index contributed by atoms with van der Waals surface area (Å²) in [6.07, 6.45) is 1.35. The van der Waals surface area contributed by atoms with Crippen LogP contribution in [0.15, 0.2) is 24.3 Å². The van der Waals surface area contributed by atoms with E-state index in [1.807, 2.05) is 0 Å². The zero-order valence-corrected chi connectivity index (χ0v) is 13.4. The zero-order chi connectivity index (χ0) is 18.0. The lowest BCUT2D eigenvalue weighted by Crippen LogP contribution is -2.51. The number of aliphatic carboxylic acids is 1. The molecule has 3 amide bonds. The molecule has 0 aromatic heterocycles. The van der Waals surface area contributed by atoms with Crippen molar-refractivity contribution in [1.29, 1.82) is 0 Å². The van der Waals surface area contributed by atoms with Crippen LogP contribution in [-0.4, -0.2) is 59.5 Å². The fourth-order valence-corrected chi connectivity index (χ4v) is 3.16. The number of nitrogens with one attached hydrogen (secondary N) is 1. The maximum absolute atomic E-state index is 12.3. The maximum Gasteiger partial charge on any atom is 0.326 e. The second kappa shape index (κ2) is 7.02. The van der Waals surface area contributed by atoms with E-state index in [1.54, 1.807) is 12.1 Å². The van der Waals surface area contributed by atoms with E-state index < -0.39 is 36.3 Å². The summed E-state index contributed by atoms with van der Waals surface area (Å²) in [6, 6.07) is 5.21. The molecule has 25 heavy (non-hydrogen) atoms. The molecular formula is C17H18N2O6. The third-order valence-electron chi connectivity index (χ3n) is 4.43. The number of amides is 3. The number of benzene rings is 1. The van der Waals surface area contributed by atoms with Crippen molar-refractivity contribution >= 4 is 23.7 Å². The van der Waals surface area contributed by atoms with E-state index in [1.165, 1.54) is 12.1 Å². The summed E-state index contributed by atoms with van der Waals surface area (Å²) in [4.78, 5) is 49.0. The number of carbonyl (C=O) groups is 4. The van der Waals surface area contributed by atoms with Crippen LogP contribution in [0.5, 0.6) is 0 Å².